The van der Waals surface area contributed by atoms with Crippen LogP contribution in [0, 0.1) is 11.8 Å². The molecule has 4 nitrogen and oxygen atoms in total. The van der Waals surface area contributed by atoms with Gasteiger partial charge in [0.05, 0.1) is 12.1 Å². The van der Waals surface area contributed by atoms with Gasteiger partial charge in [0.25, 0.3) is 0 Å². The van der Waals surface area contributed by atoms with Crippen molar-refractivity contribution in [2.75, 3.05) is 14.1 Å². The predicted octanol–water partition coefficient (Wildman–Crippen LogP) is 3.03. The molecule has 0 N–H and O–H groups in total. The monoisotopic (exact) mass is 309 g/mol. The van der Waals surface area contributed by atoms with Crippen LogP contribution >= 0.6 is 0 Å². The smallest absolute Gasteiger partial charge is 0.303 e. The molecule has 126 valence electrons. The summed E-state index contributed by atoms with van der Waals surface area (Å²) in [5.74, 6) is 0.405. The average Bonchev–Trinajstić information content (AvgIpc) is 2.62. The molecule has 0 aliphatic carbocycles. The van der Waals surface area contributed by atoms with E-state index in [1.54, 1.807) is 6.08 Å². The zero-order chi connectivity index (χ0) is 17.1. The molecule has 0 spiro atoms. The Bertz CT molecular complexity index is 438. The van der Waals surface area contributed by atoms with Crippen molar-refractivity contribution in [2.45, 2.75) is 64.9 Å². The van der Waals surface area contributed by atoms with Crippen LogP contribution < -0.4 is 0 Å². The van der Waals surface area contributed by atoms with Crippen molar-refractivity contribution in [3.8, 4) is 0 Å². The normalized spacial score (nSPS) is 31.6. The Morgan fingerprint density at radius 1 is 1.41 bits per heavy atom. The lowest BCUT2D eigenvalue weighted by atomic mass is 9.81. The Balaban J connectivity index is 3.39. The summed E-state index contributed by atoms with van der Waals surface area (Å²) in [7, 11) is 4.00. The van der Waals surface area contributed by atoms with Gasteiger partial charge in [0, 0.05) is 13.0 Å². The third-order valence-corrected chi connectivity index (χ3v) is 4.09. The zero-order valence-electron chi connectivity index (χ0n) is 15.1. The first-order valence-electron chi connectivity index (χ1n) is 8.04. The minimum Gasteiger partial charge on any atom is -0.450 e. The molecule has 4 heteroatoms. The lowest BCUT2D eigenvalue weighted by molar-refractivity contribution is -0.162. The summed E-state index contributed by atoms with van der Waals surface area (Å²) >= 11 is 0. The molecule has 0 aromatic carbocycles. The first-order chi connectivity index (χ1) is 10.2. The van der Waals surface area contributed by atoms with E-state index in [0.29, 0.717) is 5.92 Å². The fourth-order valence-corrected chi connectivity index (χ4v) is 3.62. The molecule has 0 amide bonds. The highest BCUT2D eigenvalue weighted by molar-refractivity contribution is 5.67. The fraction of sp³-hybridized carbons (Fsp3) is 0.778. The number of carbonyl (C=O) groups is 1. The highest BCUT2D eigenvalue weighted by atomic mass is 16.6. The molecule has 0 aromatic heterocycles. The average molecular weight is 309 g/mol. The van der Waals surface area contributed by atoms with E-state index in [9.17, 15) is 4.79 Å². The van der Waals surface area contributed by atoms with Gasteiger partial charge < -0.3 is 14.4 Å². The summed E-state index contributed by atoms with van der Waals surface area (Å²) in [6, 6.07) is -0.0551. The highest BCUT2D eigenvalue weighted by Crippen LogP contribution is 2.43. The van der Waals surface area contributed by atoms with Crippen LogP contribution in [0.4, 0.5) is 0 Å². The van der Waals surface area contributed by atoms with Crippen LogP contribution in [0.5, 0.6) is 0 Å². The minimum absolute atomic E-state index is 0.00588. The van der Waals surface area contributed by atoms with Crippen LogP contribution in [-0.2, 0) is 14.3 Å². The Morgan fingerprint density at radius 3 is 2.36 bits per heavy atom. The number of ether oxygens (including phenoxy) is 2. The van der Waals surface area contributed by atoms with Gasteiger partial charge >= 0.3 is 5.97 Å². The van der Waals surface area contributed by atoms with Gasteiger partial charge in [-0.15, -0.1) is 5.73 Å². The van der Waals surface area contributed by atoms with E-state index in [1.807, 2.05) is 14.1 Å². The van der Waals surface area contributed by atoms with Crippen LogP contribution in [0.15, 0.2) is 18.4 Å². The van der Waals surface area contributed by atoms with Gasteiger partial charge in [-0.25, -0.2) is 0 Å². The number of hydrogen-bond donors (Lipinski definition) is 0. The van der Waals surface area contributed by atoms with E-state index in [4.69, 9.17) is 9.47 Å². The Hall–Kier alpha value is -1.09. The summed E-state index contributed by atoms with van der Waals surface area (Å²) in [4.78, 5) is 13.9. The second kappa shape index (κ2) is 7.45. The topological polar surface area (TPSA) is 38.8 Å². The van der Waals surface area contributed by atoms with Gasteiger partial charge in [0.15, 0.2) is 5.60 Å². The molecule has 1 aliphatic rings. The summed E-state index contributed by atoms with van der Waals surface area (Å²) < 4.78 is 12.2. The quantitative estimate of drug-likeness (QED) is 0.558. The molecule has 0 radical (unpaired) electrons. The SMILES string of the molecule is C=C=C[C@]1(OC(C)=O)[C@H](C(C)C)O[C@H](CC(C)C)[C@H]1N(C)C. The van der Waals surface area contributed by atoms with Crippen LogP contribution in [0.1, 0.15) is 41.0 Å². The molecule has 1 heterocycles. The van der Waals surface area contributed by atoms with Gasteiger partial charge in [-0.3, -0.25) is 4.79 Å². The molecule has 0 aromatic rings. The number of nitrogens with zero attached hydrogens (tertiary/aromatic N) is 1. The first-order valence-corrected chi connectivity index (χ1v) is 8.04. The summed E-state index contributed by atoms with van der Waals surface area (Å²) in [5, 5.41) is 0. The molecule has 1 aliphatic heterocycles. The lowest BCUT2D eigenvalue weighted by Crippen LogP contribution is -2.57. The second-order valence-corrected chi connectivity index (χ2v) is 7.17. The molecule has 0 bridgehead atoms. The summed E-state index contributed by atoms with van der Waals surface area (Å²) in [6.45, 7) is 13.7. The summed E-state index contributed by atoms with van der Waals surface area (Å²) in [6.07, 6.45) is 2.50. The lowest BCUT2D eigenvalue weighted by Gasteiger charge is -2.39. The first kappa shape index (κ1) is 19.0. The van der Waals surface area contributed by atoms with Crippen LogP contribution in [0.25, 0.3) is 0 Å². The fourth-order valence-electron chi connectivity index (χ4n) is 3.62. The number of hydrogen-bond acceptors (Lipinski definition) is 4. The van der Waals surface area contributed by atoms with Gasteiger partial charge in [-0.05, 0) is 32.4 Å². The maximum Gasteiger partial charge on any atom is 0.303 e. The van der Waals surface area contributed by atoms with Gasteiger partial charge in [0.1, 0.15) is 6.10 Å². The van der Waals surface area contributed by atoms with E-state index in [2.05, 4.69) is 44.9 Å². The zero-order valence-corrected chi connectivity index (χ0v) is 15.1. The largest absolute Gasteiger partial charge is 0.450 e. The standard InChI is InChI=1S/C18H31NO3/c1-9-10-18(22-14(6)20)16(19(7)8)15(11-12(2)3)21-17(18)13(4)5/h10,12-13,15-17H,1,11H2,2-8H3/t15-,16-,17+,18-/m1/s1. The maximum absolute atomic E-state index is 11.8. The van der Waals surface area contributed by atoms with Crippen molar-refractivity contribution in [3.05, 3.63) is 18.4 Å². The highest BCUT2D eigenvalue weighted by Gasteiger charge is 2.59. The van der Waals surface area contributed by atoms with Crippen molar-refractivity contribution < 1.29 is 14.3 Å². The van der Waals surface area contributed by atoms with Crippen molar-refractivity contribution in [3.63, 3.8) is 0 Å². The molecule has 0 unspecified atom stereocenters. The molecular weight excluding hydrogens is 278 g/mol. The molecule has 1 rings (SSSR count). The Kier molecular flexibility index (Phi) is 6.42. The number of rotatable bonds is 6. The predicted molar refractivity (Wildman–Crippen MR) is 88.6 cm³/mol. The van der Waals surface area contributed by atoms with E-state index < -0.39 is 5.60 Å². The van der Waals surface area contributed by atoms with Crippen LogP contribution in [0.2, 0.25) is 0 Å². The number of carbonyl (C=O) groups excluding carboxylic acids is 1. The third kappa shape index (κ3) is 3.81. The third-order valence-electron chi connectivity index (χ3n) is 4.09. The van der Waals surface area contributed by atoms with Crippen LogP contribution in [-0.4, -0.2) is 48.8 Å². The number of esters is 1. The van der Waals surface area contributed by atoms with Crippen molar-refractivity contribution in [1.29, 1.82) is 0 Å². The van der Waals surface area contributed by atoms with Gasteiger partial charge in [-0.1, -0.05) is 34.3 Å². The van der Waals surface area contributed by atoms with Crippen molar-refractivity contribution in [1.82, 2.24) is 4.90 Å². The molecule has 22 heavy (non-hydrogen) atoms. The van der Waals surface area contributed by atoms with Crippen molar-refractivity contribution >= 4 is 5.97 Å². The van der Waals surface area contributed by atoms with E-state index in [1.165, 1.54) is 6.92 Å². The molecular formula is C18H31NO3. The molecule has 1 saturated heterocycles. The Labute approximate surface area is 135 Å². The van der Waals surface area contributed by atoms with Crippen LogP contribution in [0.3, 0.4) is 0 Å². The molecule has 4 atom stereocenters. The maximum atomic E-state index is 11.8. The summed E-state index contributed by atoms with van der Waals surface area (Å²) in [5.41, 5.74) is 2.00. The molecule has 0 saturated carbocycles. The minimum atomic E-state index is -0.842. The van der Waals surface area contributed by atoms with E-state index >= 15 is 0 Å². The van der Waals surface area contributed by atoms with Crippen molar-refractivity contribution in [2.24, 2.45) is 11.8 Å². The number of likely N-dealkylation sites (N-methyl/N-ethyl adjacent to an activating group) is 1. The van der Waals surface area contributed by atoms with Gasteiger partial charge in [-0.2, -0.15) is 0 Å². The molecule has 1 fully saturated rings. The Morgan fingerprint density at radius 2 is 2.00 bits per heavy atom. The van der Waals surface area contributed by atoms with E-state index in [-0.39, 0.29) is 30.1 Å². The second-order valence-electron chi connectivity index (χ2n) is 7.17. The van der Waals surface area contributed by atoms with E-state index in [0.717, 1.165) is 6.42 Å². The van der Waals surface area contributed by atoms with Gasteiger partial charge in [0.2, 0.25) is 0 Å².